The number of carbonyl (C=O) groups excluding carboxylic acids is 1. The van der Waals surface area contributed by atoms with Crippen LogP contribution in [0.1, 0.15) is 0 Å². The molecule has 17 heteroatoms. The summed E-state index contributed by atoms with van der Waals surface area (Å²) in [6.45, 7) is -1.18. The summed E-state index contributed by atoms with van der Waals surface area (Å²) in [6.07, 6.45) is -5.31. The molecule has 1 aliphatic heterocycles. The van der Waals surface area contributed by atoms with Gasteiger partial charge in [0.2, 0.25) is 10.0 Å². The lowest BCUT2D eigenvalue weighted by Crippen LogP contribution is -2.51. The molecule has 1 aromatic heterocycles. The van der Waals surface area contributed by atoms with Crippen LogP contribution in [0.25, 0.3) is 10.9 Å². The van der Waals surface area contributed by atoms with Crippen LogP contribution >= 0.6 is 23.2 Å². The van der Waals surface area contributed by atoms with Crippen molar-refractivity contribution in [3.05, 3.63) is 52.6 Å². The van der Waals surface area contributed by atoms with E-state index in [0.717, 1.165) is 33.5 Å². The van der Waals surface area contributed by atoms with Gasteiger partial charge in [-0.2, -0.15) is 4.31 Å². The number of nitrogens with zero attached hydrogens (tertiary/aromatic N) is 2. The first kappa shape index (κ1) is 27.3. The molecule has 1 amide bonds. The Labute approximate surface area is 219 Å². The van der Waals surface area contributed by atoms with Gasteiger partial charge in [-0.05, 0) is 36.4 Å². The molecule has 4 rings (SSSR count). The maximum absolute atomic E-state index is 12.9. The van der Waals surface area contributed by atoms with E-state index >= 15 is 0 Å². The topological polar surface area (TPSA) is 129 Å². The van der Waals surface area contributed by atoms with E-state index in [1.54, 1.807) is 0 Å². The third kappa shape index (κ3) is 5.75. The van der Waals surface area contributed by atoms with Gasteiger partial charge in [0.25, 0.3) is 10.0 Å². The second-order valence-electron chi connectivity index (χ2n) is 7.76. The zero-order valence-corrected chi connectivity index (χ0v) is 21.6. The molecular weight excluding hydrogens is 584 g/mol. The molecule has 0 unspecified atom stereocenters. The Hall–Kier alpha value is -2.72. The summed E-state index contributed by atoms with van der Waals surface area (Å²) in [7, 11) is -8.26. The minimum absolute atomic E-state index is 0.171. The molecule has 1 aliphatic rings. The molecule has 3 aromatic rings. The highest BCUT2D eigenvalue weighted by Crippen LogP contribution is 2.35. The highest BCUT2D eigenvalue weighted by atomic mass is 35.5. The number of alkyl halides is 3. The van der Waals surface area contributed by atoms with Crippen molar-refractivity contribution < 1.29 is 39.5 Å². The predicted molar refractivity (Wildman–Crippen MR) is 128 cm³/mol. The van der Waals surface area contributed by atoms with Crippen molar-refractivity contribution in [1.82, 2.24) is 14.2 Å². The summed E-state index contributed by atoms with van der Waals surface area (Å²) in [6, 6.07) is 7.30. The van der Waals surface area contributed by atoms with Crippen LogP contribution < -0.4 is 4.72 Å². The minimum Gasteiger partial charge on any atom is -0.358 e. The van der Waals surface area contributed by atoms with Gasteiger partial charge in [-0.3, -0.25) is 4.72 Å². The monoisotopic (exact) mass is 600 g/mol. The Morgan fingerprint density at radius 2 is 1.51 bits per heavy atom. The fourth-order valence-electron chi connectivity index (χ4n) is 3.67. The predicted octanol–water partition coefficient (Wildman–Crippen LogP) is 4.24. The third-order valence-electron chi connectivity index (χ3n) is 5.45. The number of rotatable bonds is 5. The van der Waals surface area contributed by atoms with E-state index in [0.29, 0.717) is 20.9 Å². The van der Waals surface area contributed by atoms with Crippen LogP contribution in [0.4, 0.5) is 23.7 Å². The number of piperazine rings is 1. The highest BCUT2D eigenvalue weighted by molar-refractivity contribution is 7.92. The number of hydrogen-bond acceptors (Lipinski definition) is 6. The van der Waals surface area contributed by atoms with Gasteiger partial charge in [-0.1, -0.05) is 23.2 Å². The smallest absolute Gasteiger partial charge is 0.358 e. The quantitative estimate of drug-likeness (QED) is 0.451. The number of carbonyl (C=O) groups is 1. The molecule has 0 atom stereocenters. The van der Waals surface area contributed by atoms with E-state index in [1.807, 2.05) is 0 Å². The number of aromatic amines is 1. The fraction of sp³-hybridized carbons (Fsp3) is 0.250. The van der Waals surface area contributed by atoms with Crippen molar-refractivity contribution in [1.29, 1.82) is 0 Å². The molecule has 0 saturated carbocycles. The third-order valence-corrected chi connectivity index (χ3v) is 9.36. The van der Waals surface area contributed by atoms with Gasteiger partial charge in [-0.15, -0.1) is 13.2 Å². The molecule has 2 N–H and O–H groups in total. The standard InChI is InChI=1S/C20H17Cl2F3N4O6S2/c21-14-5-6-16(18-17(14)15(22)11-26-18)27-36(31,32)12-1-3-13(4-2-12)37(33,34)29-9-7-28(8-10-29)19(30)35-20(23,24)25/h1-6,11,26-27H,7-10H2. The first-order valence-corrected chi connectivity index (χ1v) is 14.0. The van der Waals surface area contributed by atoms with Gasteiger partial charge >= 0.3 is 12.5 Å². The number of sulfonamides is 2. The van der Waals surface area contributed by atoms with Gasteiger partial charge in [0.05, 0.1) is 31.0 Å². The summed E-state index contributed by atoms with van der Waals surface area (Å²) >= 11 is 12.2. The van der Waals surface area contributed by atoms with Crippen molar-refractivity contribution in [2.75, 3.05) is 30.9 Å². The van der Waals surface area contributed by atoms with Gasteiger partial charge in [0, 0.05) is 37.8 Å². The number of nitrogens with one attached hydrogen (secondary N) is 2. The SMILES string of the molecule is O=C(OC(F)(F)F)N1CCN(S(=O)(=O)c2ccc(S(=O)(=O)Nc3ccc(Cl)c4c(Cl)c[nH]c34)cc2)CC1. The molecule has 1 saturated heterocycles. The van der Waals surface area contributed by atoms with Gasteiger partial charge in [-0.25, -0.2) is 21.6 Å². The molecule has 0 spiro atoms. The van der Waals surface area contributed by atoms with E-state index in [-0.39, 0.29) is 41.7 Å². The second-order valence-corrected chi connectivity index (χ2v) is 12.2. The molecule has 0 bridgehead atoms. The number of benzene rings is 2. The number of ether oxygens (including phenoxy) is 1. The van der Waals surface area contributed by atoms with Gasteiger partial charge < -0.3 is 14.6 Å². The summed E-state index contributed by atoms with van der Waals surface area (Å²) in [5, 5.41) is 1.04. The van der Waals surface area contributed by atoms with E-state index in [1.165, 1.54) is 18.3 Å². The van der Waals surface area contributed by atoms with E-state index in [9.17, 15) is 34.8 Å². The summed E-state index contributed by atoms with van der Waals surface area (Å²) < 4.78 is 95.2. The molecule has 1 fully saturated rings. The first-order valence-electron chi connectivity index (χ1n) is 10.3. The van der Waals surface area contributed by atoms with Crippen molar-refractivity contribution in [3.8, 4) is 0 Å². The average Bonchev–Trinajstić information content (AvgIpc) is 3.22. The number of halogens is 5. The second kappa shape index (κ2) is 9.87. The van der Waals surface area contributed by atoms with Crippen molar-refractivity contribution in [2.45, 2.75) is 16.2 Å². The van der Waals surface area contributed by atoms with Crippen molar-refractivity contribution >= 4 is 65.9 Å². The minimum atomic E-state index is -5.15. The Morgan fingerprint density at radius 1 is 0.919 bits per heavy atom. The Morgan fingerprint density at radius 3 is 2.11 bits per heavy atom. The zero-order chi connectivity index (χ0) is 27.2. The normalized spacial score (nSPS) is 15.6. The van der Waals surface area contributed by atoms with Crippen LogP contribution in [0, 0.1) is 0 Å². The van der Waals surface area contributed by atoms with E-state index in [2.05, 4.69) is 14.4 Å². The molecule has 37 heavy (non-hydrogen) atoms. The van der Waals surface area contributed by atoms with Crippen LogP contribution in [0.2, 0.25) is 10.0 Å². The largest absolute Gasteiger partial charge is 0.576 e. The lowest BCUT2D eigenvalue weighted by atomic mass is 10.2. The number of fused-ring (bicyclic) bond motifs is 1. The summed E-state index contributed by atoms with van der Waals surface area (Å²) in [4.78, 5) is 14.7. The molecule has 0 radical (unpaired) electrons. The van der Waals surface area contributed by atoms with Crippen LogP contribution in [0.15, 0.2) is 52.4 Å². The maximum atomic E-state index is 12.9. The lowest BCUT2D eigenvalue weighted by Gasteiger charge is -2.33. The van der Waals surface area contributed by atoms with Crippen LogP contribution in [0.3, 0.4) is 0 Å². The van der Waals surface area contributed by atoms with Crippen molar-refractivity contribution in [3.63, 3.8) is 0 Å². The van der Waals surface area contributed by atoms with Crippen LogP contribution in [0.5, 0.6) is 0 Å². The number of anilines is 1. The Kier molecular flexibility index (Phi) is 7.29. The van der Waals surface area contributed by atoms with Gasteiger partial charge in [0.1, 0.15) is 0 Å². The van der Waals surface area contributed by atoms with E-state index < -0.39 is 32.5 Å². The van der Waals surface area contributed by atoms with Crippen LogP contribution in [-0.4, -0.2) is 69.7 Å². The fourth-order valence-corrected chi connectivity index (χ4v) is 6.72. The molecule has 0 aliphatic carbocycles. The Bertz CT molecular complexity index is 1550. The molecule has 2 heterocycles. The molecule has 10 nitrogen and oxygen atoms in total. The average molecular weight is 601 g/mol. The summed E-state index contributed by atoms with van der Waals surface area (Å²) in [5.41, 5.74) is 0.531. The number of hydrogen-bond donors (Lipinski definition) is 2. The number of H-pyrrole nitrogens is 1. The van der Waals surface area contributed by atoms with Gasteiger partial charge in [0.15, 0.2) is 0 Å². The maximum Gasteiger partial charge on any atom is 0.576 e. The highest BCUT2D eigenvalue weighted by Gasteiger charge is 2.38. The zero-order valence-electron chi connectivity index (χ0n) is 18.4. The van der Waals surface area contributed by atoms with E-state index in [4.69, 9.17) is 23.2 Å². The number of aromatic nitrogens is 1. The van der Waals surface area contributed by atoms with Crippen molar-refractivity contribution in [2.24, 2.45) is 0 Å². The Balaban J connectivity index is 1.47. The molecule has 200 valence electrons. The summed E-state index contributed by atoms with van der Waals surface area (Å²) in [5.74, 6) is 0. The first-order chi connectivity index (χ1) is 17.2. The van der Waals surface area contributed by atoms with Crippen LogP contribution in [-0.2, 0) is 24.8 Å². The molecular formula is C20H17Cl2F3N4O6S2. The lowest BCUT2D eigenvalue weighted by molar-refractivity contribution is -0.295. The molecule has 2 aromatic carbocycles. The number of amides is 1.